The molecule has 2 heterocycles. The van der Waals surface area contributed by atoms with Crippen molar-refractivity contribution in [3.05, 3.63) is 184 Å². The number of anilines is 2. The van der Waals surface area contributed by atoms with Crippen LogP contribution in [0.1, 0.15) is 71.0 Å². The van der Waals surface area contributed by atoms with Gasteiger partial charge in [0.25, 0.3) is 0 Å². The molecule has 2 unspecified atom stereocenters. The summed E-state index contributed by atoms with van der Waals surface area (Å²) in [5, 5.41) is 29.9. The van der Waals surface area contributed by atoms with Gasteiger partial charge in [-0.25, -0.2) is 0 Å². The third kappa shape index (κ3) is 5.77. The lowest BCUT2D eigenvalue weighted by atomic mass is 9.72. The van der Waals surface area contributed by atoms with E-state index in [4.69, 9.17) is 0 Å². The molecule has 3 aromatic carbocycles. The first-order valence-corrected chi connectivity index (χ1v) is 18.7. The summed E-state index contributed by atoms with van der Waals surface area (Å²) in [5.41, 5.74) is 13.8. The fraction of sp³-hybridized carbons (Fsp3) is 0.140. The minimum atomic E-state index is -0.234. The van der Waals surface area contributed by atoms with E-state index >= 15 is 0 Å². The molecule has 5 nitrogen and oxygen atoms in total. The van der Waals surface area contributed by atoms with Crippen LogP contribution in [-0.4, -0.2) is 10.6 Å². The molecular weight excluding hydrogens is 671 g/mol. The highest BCUT2D eigenvalue weighted by molar-refractivity contribution is 6.00. The van der Waals surface area contributed by atoms with Crippen LogP contribution in [-0.2, 0) is 5.41 Å². The predicted octanol–water partition coefficient (Wildman–Crippen LogP) is 11.9. The van der Waals surface area contributed by atoms with E-state index in [2.05, 4.69) is 157 Å². The van der Waals surface area contributed by atoms with Crippen molar-refractivity contribution in [2.75, 3.05) is 4.90 Å². The van der Waals surface area contributed by atoms with Crippen molar-refractivity contribution >= 4 is 40.9 Å². The summed E-state index contributed by atoms with van der Waals surface area (Å²) in [5.74, 6) is 0. The number of para-hydroxylation sites is 1. The molecule has 4 aliphatic rings. The van der Waals surface area contributed by atoms with E-state index in [1.54, 1.807) is 6.08 Å². The molecule has 264 valence electrons. The highest BCUT2D eigenvalue weighted by Gasteiger charge is 2.49. The van der Waals surface area contributed by atoms with E-state index in [1.165, 1.54) is 5.56 Å². The van der Waals surface area contributed by atoms with Crippen molar-refractivity contribution in [1.82, 2.24) is 4.57 Å². The lowest BCUT2D eigenvalue weighted by Crippen LogP contribution is -2.41. The molecule has 0 saturated heterocycles. The fourth-order valence-corrected chi connectivity index (χ4v) is 8.62. The van der Waals surface area contributed by atoms with E-state index < -0.39 is 0 Å². The molecular formula is C50H39N5. The summed E-state index contributed by atoms with van der Waals surface area (Å²) < 4.78 is 2.29. The molecule has 5 heteroatoms. The van der Waals surface area contributed by atoms with Crippen LogP contribution in [0.3, 0.4) is 0 Å². The summed E-state index contributed by atoms with van der Waals surface area (Å²) in [7, 11) is 0. The van der Waals surface area contributed by atoms with Crippen LogP contribution in [0.25, 0.3) is 40.6 Å². The van der Waals surface area contributed by atoms with E-state index in [-0.39, 0.29) is 11.5 Å². The molecule has 0 radical (unpaired) electrons. The van der Waals surface area contributed by atoms with Crippen LogP contribution in [0, 0.1) is 40.9 Å². The molecule has 8 rings (SSSR count). The number of nitrogens with zero attached hydrogens (tertiary/aromatic N) is 5. The first-order valence-electron chi connectivity index (χ1n) is 18.7. The Bertz CT molecular complexity index is 2640. The van der Waals surface area contributed by atoms with E-state index in [1.807, 2.05) is 30.3 Å². The Morgan fingerprint density at radius 3 is 2.44 bits per heavy atom. The van der Waals surface area contributed by atoms with Crippen LogP contribution < -0.4 is 4.90 Å². The van der Waals surface area contributed by atoms with E-state index in [0.717, 1.165) is 81.1 Å². The van der Waals surface area contributed by atoms with Crippen molar-refractivity contribution in [3.63, 3.8) is 0 Å². The number of rotatable bonds is 7. The van der Waals surface area contributed by atoms with Gasteiger partial charge in [-0.1, -0.05) is 105 Å². The summed E-state index contributed by atoms with van der Waals surface area (Å²) in [4.78, 5) is 2.32. The second kappa shape index (κ2) is 14.4. The van der Waals surface area contributed by atoms with Gasteiger partial charge in [-0.15, -0.1) is 0 Å². The van der Waals surface area contributed by atoms with Gasteiger partial charge >= 0.3 is 0 Å². The number of hydrogen-bond acceptors (Lipinski definition) is 4. The number of allylic oxidation sites excluding steroid dienone is 12. The van der Waals surface area contributed by atoms with E-state index in [0.29, 0.717) is 16.7 Å². The smallest absolute Gasteiger partial charge is 0.101 e. The lowest BCUT2D eigenvalue weighted by Gasteiger charge is -2.36. The number of hydrogen-bond donors (Lipinski definition) is 0. The second-order valence-electron chi connectivity index (χ2n) is 14.2. The van der Waals surface area contributed by atoms with Gasteiger partial charge in [-0.3, -0.25) is 0 Å². The highest BCUT2D eigenvalue weighted by Crippen LogP contribution is 2.54. The van der Waals surface area contributed by atoms with Crippen molar-refractivity contribution < 1.29 is 0 Å². The van der Waals surface area contributed by atoms with Gasteiger partial charge in [0.1, 0.15) is 6.07 Å². The second-order valence-corrected chi connectivity index (χ2v) is 14.2. The van der Waals surface area contributed by atoms with Crippen LogP contribution >= 0.6 is 0 Å². The normalized spacial score (nSPS) is 19.0. The molecule has 4 aromatic rings. The zero-order valence-corrected chi connectivity index (χ0v) is 31.0. The number of fused-ring (bicyclic) bond motifs is 4. The molecule has 3 aliphatic carbocycles. The zero-order valence-electron chi connectivity index (χ0n) is 31.0. The van der Waals surface area contributed by atoms with Crippen molar-refractivity contribution in [1.29, 1.82) is 15.8 Å². The standard InChI is InChI=1S/C50H39N5/c1-4-50-29-12-11-20-48(50)54(49-38(33-53)14-13-17-44(49)50)39-25-23-37(24-26-39)43-30-36(32-52)22-27-41(43)42-16-8-6-10-19-47(42)55-45(28-21-34(2)31-51)35(3)40-15-7-5-9-18-46(40)55/h7-30,48H,2,4-6H2,1,3H3/b28-21-. The Hall–Kier alpha value is -7.13. The Kier molecular flexibility index (Phi) is 9.12. The van der Waals surface area contributed by atoms with Gasteiger partial charge in [0.05, 0.1) is 46.4 Å². The molecule has 0 spiro atoms. The molecule has 0 bridgehead atoms. The highest BCUT2D eigenvalue weighted by atomic mass is 15.2. The summed E-state index contributed by atoms with van der Waals surface area (Å²) in [6, 6.07) is 27.6. The van der Waals surface area contributed by atoms with Gasteiger partial charge in [0, 0.05) is 33.5 Å². The van der Waals surface area contributed by atoms with Crippen LogP contribution in [0.2, 0.25) is 0 Å². The Morgan fingerprint density at radius 1 is 0.891 bits per heavy atom. The quantitative estimate of drug-likeness (QED) is 0.141. The summed E-state index contributed by atoms with van der Waals surface area (Å²) in [6.45, 7) is 8.25. The van der Waals surface area contributed by atoms with Gasteiger partial charge in [0.15, 0.2) is 0 Å². The maximum atomic E-state index is 10.3. The van der Waals surface area contributed by atoms with Crippen LogP contribution in [0.4, 0.5) is 11.4 Å². The molecule has 1 aliphatic heterocycles. The third-order valence-corrected chi connectivity index (χ3v) is 11.3. The average Bonchev–Trinajstić information content (AvgIpc) is 3.39. The molecule has 1 aromatic heterocycles. The number of benzene rings is 3. The van der Waals surface area contributed by atoms with Crippen LogP contribution in [0.15, 0.2) is 140 Å². The van der Waals surface area contributed by atoms with Gasteiger partial charge in [-0.2, -0.15) is 15.8 Å². The van der Waals surface area contributed by atoms with E-state index in [9.17, 15) is 15.8 Å². The van der Waals surface area contributed by atoms with Crippen molar-refractivity contribution in [2.24, 2.45) is 0 Å². The zero-order chi connectivity index (χ0) is 38.1. The molecule has 0 amide bonds. The van der Waals surface area contributed by atoms with Crippen LogP contribution in [0.5, 0.6) is 0 Å². The number of nitriles is 3. The number of aromatic nitrogens is 1. The predicted molar refractivity (Wildman–Crippen MR) is 226 cm³/mol. The third-order valence-electron chi connectivity index (χ3n) is 11.3. The Morgan fingerprint density at radius 2 is 1.67 bits per heavy atom. The first kappa shape index (κ1) is 34.9. The Balaban J connectivity index is 1.31. The monoisotopic (exact) mass is 709 g/mol. The summed E-state index contributed by atoms with van der Waals surface area (Å²) in [6.07, 6.45) is 32.5. The van der Waals surface area contributed by atoms with Crippen molar-refractivity contribution in [2.45, 2.75) is 44.6 Å². The molecule has 0 fully saturated rings. The van der Waals surface area contributed by atoms with Gasteiger partial charge in [-0.05, 0) is 109 Å². The largest absolute Gasteiger partial charge is 0.332 e. The van der Waals surface area contributed by atoms with Gasteiger partial charge < -0.3 is 9.47 Å². The molecule has 55 heavy (non-hydrogen) atoms. The lowest BCUT2D eigenvalue weighted by molar-refractivity contribution is 0.483. The molecule has 0 saturated carbocycles. The minimum absolute atomic E-state index is 0.0311. The fourth-order valence-electron chi connectivity index (χ4n) is 8.62. The van der Waals surface area contributed by atoms with Gasteiger partial charge in [0.2, 0.25) is 0 Å². The summed E-state index contributed by atoms with van der Waals surface area (Å²) >= 11 is 0. The first-order chi connectivity index (χ1) is 26.9. The molecule has 2 atom stereocenters. The average molecular weight is 710 g/mol. The Labute approximate surface area is 323 Å². The maximum Gasteiger partial charge on any atom is 0.101 e. The molecule has 0 N–H and O–H groups in total. The van der Waals surface area contributed by atoms with Crippen molar-refractivity contribution in [3.8, 4) is 29.3 Å². The minimum Gasteiger partial charge on any atom is -0.332 e. The maximum absolute atomic E-state index is 10.3. The SMILES string of the molecule is C=C(C#N)/C=C\c1c(C)c2c(n1C1=C(c3ccc(C#N)cc3-c3ccc(N4c5c(C#N)cccc5C5(CC)C=CC=CC45)cc3)C=CCC=C1)C=CCC=C2. The topological polar surface area (TPSA) is 79.5 Å².